The predicted molar refractivity (Wildman–Crippen MR) is 236 cm³/mol. The molecule has 0 atom stereocenters. The number of fused-ring (bicyclic) bond motifs is 9. The number of furan rings is 1. The minimum Gasteiger partial charge on any atom is -0.456 e. The fraction of sp³-hybridized carbons (Fsp3) is 0. The van der Waals surface area contributed by atoms with E-state index >= 15 is 0 Å². The maximum absolute atomic E-state index is 6.53. The highest BCUT2D eigenvalue weighted by atomic mass is 32.1. The highest BCUT2D eigenvalue weighted by Crippen LogP contribution is 2.41. The van der Waals surface area contributed by atoms with E-state index in [1.54, 1.807) is 11.3 Å². The normalized spacial score (nSPS) is 11.9. The third kappa shape index (κ3) is 5.12. The molecule has 6 heteroatoms. The lowest BCUT2D eigenvalue weighted by Gasteiger charge is -2.10. The van der Waals surface area contributed by atoms with Crippen molar-refractivity contribution in [3.05, 3.63) is 182 Å². The van der Waals surface area contributed by atoms with Crippen molar-refractivity contribution in [2.45, 2.75) is 0 Å². The van der Waals surface area contributed by atoms with E-state index in [0.717, 1.165) is 61.0 Å². The van der Waals surface area contributed by atoms with E-state index in [2.05, 4.69) is 150 Å². The standard InChI is InChI=1S/C51H30N4OS/c1-3-12-31(13-4-1)49-52-50(54-51(53-49)34-24-27-47-40(28-34)39-17-8-10-21-46(39)57-47)33-23-26-44-41(29-33)48-36(18-11-20-45(48)56-44)32-22-25-38-37-16-7-9-19-42(37)55(43(38)30-32)35-14-5-2-6-15-35/h1-30H. The minimum absolute atomic E-state index is 0.608. The third-order valence-electron chi connectivity index (χ3n) is 11.1. The second kappa shape index (κ2) is 12.6. The van der Waals surface area contributed by atoms with Gasteiger partial charge in [0.25, 0.3) is 0 Å². The number of thiophene rings is 1. The summed E-state index contributed by atoms with van der Waals surface area (Å²) in [5.74, 6) is 1.87. The summed E-state index contributed by atoms with van der Waals surface area (Å²) in [5.41, 5.74) is 10.1. The molecule has 12 aromatic rings. The second-order valence-electron chi connectivity index (χ2n) is 14.4. The minimum atomic E-state index is 0.608. The van der Waals surface area contributed by atoms with E-state index in [0.29, 0.717) is 17.5 Å². The molecule has 8 aromatic carbocycles. The van der Waals surface area contributed by atoms with Crippen molar-refractivity contribution in [2.75, 3.05) is 0 Å². The average Bonchev–Trinajstić information content (AvgIpc) is 3.95. The Bertz CT molecular complexity index is 3530. The lowest BCUT2D eigenvalue weighted by Crippen LogP contribution is -2.00. The SMILES string of the molecule is c1ccc(-c2nc(-c3ccc4sc5ccccc5c4c3)nc(-c3ccc4oc5cccc(-c6ccc7c8ccccc8n(-c8ccccc8)c7c6)c5c4c3)n2)cc1. The average molecular weight is 747 g/mol. The Labute approximate surface area is 330 Å². The molecule has 4 aromatic heterocycles. The quantitative estimate of drug-likeness (QED) is 0.176. The van der Waals surface area contributed by atoms with Crippen LogP contribution >= 0.6 is 11.3 Å². The van der Waals surface area contributed by atoms with Gasteiger partial charge in [-0.05, 0) is 83.9 Å². The van der Waals surface area contributed by atoms with Crippen LogP contribution in [-0.2, 0) is 0 Å². The summed E-state index contributed by atoms with van der Waals surface area (Å²) >= 11 is 1.81. The Balaban J connectivity index is 1.04. The zero-order valence-electron chi connectivity index (χ0n) is 30.4. The smallest absolute Gasteiger partial charge is 0.164 e. The van der Waals surface area contributed by atoms with Crippen molar-refractivity contribution in [2.24, 2.45) is 0 Å². The van der Waals surface area contributed by atoms with Gasteiger partial charge in [0, 0.05) is 64.1 Å². The van der Waals surface area contributed by atoms with Crippen molar-refractivity contribution in [1.82, 2.24) is 19.5 Å². The molecule has 12 rings (SSSR count). The molecule has 0 aliphatic heterocycles. The Morgan fingerprint density at radius 3 is 1.84 bits per heavy atom. The van der Waals surface area contributed by atoms with E-state index in [1.165, 1.54) is 36.5 Å². The van der Waals surface area contributed by atoms with Crippen LogP contribution in [0.4, 0.5) is 0 Å². The molecular formula is C51H30N4OS. The summed E-state index contributed by atoms with van der Waals surface area (Å²) < 4.78 is 11.4. The van der Waals surface area contributed by atoms with Crippen molar-refractivity contribution in [3.8, 4) is 51.0 Å². The summed E-state index contributed by atoms with van der Waals surface area (Å²) in [6.07, 6.45) is 0. The maximum Gasteiger partial charge on any atom is 0.164 e. The molecular weight excluding hydrogens is 717 g/mol. The van der Waals surface area contributed by atoms with E-state index in [9.17, 15) is 0 Å². The van der Waals surface area contributed by atoms with Gasteiger partial charge in [0.05, 0.1) is 11.0 Å². The van der Waals surface area contributed by atoms with Crippen LogP contribution in [0.15, 0.2) is 186 Å². The molecule has 5 nitrogen and oxygen atoms in total. The van der Waals surface area contributed by atoms with Gasteiger partial charge in [0.2, 0.25) is 0 Å². The van der Waals surface area contributed by atoms with E-state index in [-0.39, 0.29) is 0 Å². The first-order valence-corrected chi connectivity index (χ1v) is 19.8. The Hall–Kier alpha value is -7.41. The fourth-order valence-electron chi connectivity index (χ4n) is 8.42. The summed E-state index contributed by atoms with van der Waals surface area (Å²) in [6, 6.07) is 63.9. The van der Waals surface area contributed by atoms with Crippen molar-refractivity contribution >= 4 is 75.3 Å². The van der Waals surface area contributed by atoms with Crippen molar-refractivity contribution in [1.29, 1.82) is 0 Å². The Kier molecular flexibility index (Phi) is 7.03. The first-order valence-electron chi connectivity index (χ1n) is 19.0. The summed E-state index contributed by atoms with van der Waals surface area (Å²) in [4.78, 5) is 15.3. The molecule has 0 spiro atoms. The number of hydrogen-bond donors (Lipinski definition) is 0. The molecule has 0 aliphatic carbocycles. The van der Waals surface area contributed by atoms with Gasteiger partial charge in [0.15, 0.2) is 17.5 Å². The van der Waals surface area contributed by atoms with Crippen molar-refractivity contribution < 1.29 is 4.42 Å². The molecule has 0 amide bonds. The zero-order valence-corrected chi connectivity index (χ0v) is 31.2. The first-order chi connectivity index (χ1) is 28.2. The van der Waals surface area contributed by atoms with Gasteiger partial charge >= 0.3 is 0 Å². The summed E-state index contributed by atoms with van der Waals surface area (Å²) in [5, 5.41) is 6.97. The molecule has 0 aliphatic rings. The van der Waals surface area contributed by atoms with Crippen LogP contribution in [0.5, 0.6) is 0 Å². The first kappa shape index (κ1) is 31.9. The van der Waals surface area contributed by atoms with Crippen LogP contribution in [0.25, 0.3) is 115 Å². The molecule has 266 valence electrons. The van der Waals surface area contributed by atoms with E-state index in [1.807, 2.05) is 36.4 Å². The number of para-hydroxylation sites is 2. The topological polar surface area (TPSA) is 56.7 Å². The number of rotatable bonds is 5. The van der Waals surface area contributed by atoms with Crippen molar-refractivity contribution in [3.63, 3.8) is 0 Å². The predicted octanol–water partition coefficient (Wildman–Crippen LogP) is 13.9. The van der Waals surface area contributed by atoms with Crippen LogP contribution < -0.4 is 0 Å². The van der Waals surface area contributed by atoms with Gasteiger partial charge in [-0.25, -0.2) is 15.0 Å². The molecule has 0 saturated carbocycles. The van der Waals surface area contributed by atoms with Gasteiger partial charge in [-0.3, -0.25) is 0 Å². The number of hydrogen-bond acceptors (Lipinski definition) is 5. The Morgan fingerprint density at radius 2 is 1.02 bits per heavy atom. The maximum atomic E-state index is 6.53. The lowest BCUT2D eigenvalue weighted by molar-refractivity contribution is 0.669. The van der Waals surface area contributed by atoms with Gasteiger partial charge in [-0.15, -0.1) is 11.3 Å². The molecule has 0 unspecified atom stereocenters. The highest BCUT2D eigenvalue weighted by Gasteiger charge is 2.19. The monoisotopic (exact) mass is 746 g/mol. The van der Waals surface area contributed by atoms with E-state index < -0.39 is 0 Å². The number of aromatic nitrogens is 4. The van der Waals surface area contributed by atoms with Crippen LogP contribution in [0.2, 0.25) is 0 Å². The largest absolute Gasteiger partial charge is 0.456 e. The van der Waals surface area contributed by atoms with Crippen LogP contribution in [0, 0.1) is 0 Å². The number of nitrogens with zero attached hydrogens (tertiary/aromatic N) is 4. The Morgan fingerprint density at radius 1 is 0.386 bits per heavy atom. The molecule has 0 radical (unpaired) electrons. The molecule has 0 saturated heterocycles. The van der Waals surface area contributed by atoms with Gasteiger partial charge in [-0.2, -0.15) is 0 Å². The highest BCUT2D eigenvalue weighted by molar-refractivity contribution is 7.25. The van der Waals surface area contributed by atoms with Crippen LogP contribution in [0.1, 0.15) is 0 Å². The third-order valence-corrected chi connectivity index (χ3v) is 12.2. The van der Waals surface area contributed by atoms with Gasteiger partial charge < -0.3 is 8.98 Å². The molecule has 0 N–H and O–H groups in total. The molecule has 57 heavy (non-hydrogen) atoms. The fourth-order valence-corrected chi connectivity index (χ4v) is 9.50. The lowest BCUT2D eigenvalue weighted by atomic mass is 9.97. The van der Waals surface area contributed by atoms with Gasteiger partial charge in [0.1, 0.15) is 11.2 Å². The molecule has 0 fully saturated rings. The second-order valence-corrected chi connectivity index (χ2v) is 15.5. The molecule has 4 heterocycles. The zero-order chi connectivity index (χ0) is 37.5. The summed E-state index contributed by atoms with van der Waals surface area (Å²) in [7, 11) is 0. The number of benzene rings is 8. The van der Waals surface area contributed by atoms with E-state index in [4.69, 9.17) is 19.4 Å². The summed E-state index contributed by atoms with van der Waals surface area (Å²) in [6.45, 7) is 0. The van der Waals surface area contributed by atoms with Crippen LogP contribution in [-0.4, -0.2) is 19.5 Å². The van der Waals surface area contributed by atoms with Crippen LogP contribution in [0.3, 0.4) is 0 Å². The van der Waals surface area contributed by atoms with Gasteiger partial charge in [-0.1, -0.05) is 109 Å². The molecule has 0 bridgehead atoms.